The number of hydrogen-bond donors (Lipinski definition) is 2. The lowest BCUT2D eigenvalue weighted by Gasteiger charge is -2.30. The molecule has 1 atom stereocenters. The highest BCUT2D eigenvalue weighted by molar-refractivity contribution is 5.63. The molecule has 220 valence electrons. The number of ether oxygens (including phenoxy) is 1. The van der Waals surface area contributed by atoms with E-state index in [2.05, 4.69) is 15.2 Å². The van der Waals surface area contributed by atoms with Crippen LogP contribution in [0.15, 0.2) is 42.6 Å². The molecule has 2 aliphatic rings. The number of anilines is 4. The van der Waals surface area contributed by atoms with Gasteiger partial charge in [0.1, 0.15) is 11.6 Å². The average Bonchev–Trinajstić information content (AvgIpc) is 3.20. The summed E-state index contributed by atoms with van der Waals surface area (Å²) >= 11 is 0. The quantitative estimate of drug-likeness (QED) is 0.362. The van der Waals surface area contributed by atoms with Crippen molar-refractivity contribution in [2.24, 2.45) is 0 Å². The van der Waals surface area contributed by atoms with E-state index in [-0.39, 0.29) is 5.82 Å². The Bertz CT molecular complexity index is 1340. The van der Waals surface area contributed by atoms with Crippen molar-refractivity contribution >= 4 is 23.3 Å². The van der Waals surface area contributed by atoms with Crippen LogP contribution in [-0.4, -0.2) is 59.6 Å². The summed E-state index contributed by atoms with van der Waals surface area (Å²) < 4.78 is 46.5. The maximum absolute atomic E-state index is 13.8. The number of fused-ring (bicyclic) bond motifs is 1. The van der Waals surface area contributed by atoms with Gasteiger partial charge in [0.25, 0.3) is 0 Å². The molecule has 2 aliphatic heterocycles. The number of alkyl halides is 3. The van der Waals surface area contributed by atoms with Crippen LogP contribution in [0.5, 0.6) is 0 Å². The number of pyridine rings is 1. The Hall–Kier alpha value is -3.44. The molecule has 11 heteroatoms. The Morgan fingerprint density at radius 1 is 0.927 bits per heavy atom. The number of halogens is 3. The van der Waals surface area contributed by atoms with Crippen molar-refractivity contribution in [2.45, 2.75) is 63.8 Å². The highest BCUT2D eigenvalue weighted by atomic mass is 19.4. The summed E-state index contributed by atoms with van der Waals surface area (Å²) in [5.41, 5.74) is 2.13. The van der Waals surface area contributed by atoms with Crippen LogP contribution in [0.1, 0.15) is 55.5 Å². The van der Waals surface area contributed by atoms with E-state index in [1.807, 2.05) is 38.1 Å². The van der Waals surface area contributed by atoms with Gasteiger partial charge in [-0.25, -0.2) is 9.97 Å². The molecule has 1 saturated heterocycles. The predicted molar refractivity (Wildman–Crippen MR) is 153 cm³/mol. The number of nitrogens with one attached hydrogen (secondary N) is 1. The third-order valence-electron chi connectivity index (χ3n) is 8.09. The summed E-state index contributed by atoms with van der Waals surface area (Å²) in [4.78, 5) is 17.9. The molecule has 3 aromatic rings. The van der Waals surface area contributed by atoms with Crippen LogP contribution in [0, 0.1) is 0 Å². The number of aromatic nitrogens is 3. The number of hydrogen-bond acceptors (Lipinski definition) is 8. The highest BCUT2D eigenvalue weighted by Crippen LogP contribution is 2.37. The van der Waals surface area contributed by atoms with Gasteiger partial charge in [-0.1, -0.05) is 26.0 Å². The zero-order valence-corrected chi connectivity index (χ0v) is 23.7. The van der Waals surface area contributed by atoms with Crippen LogP contribution < -0.4 is 15.1 Å². The normalized spacial score (nSPS) is 17.1. The van der Waals surface area contributed by atoms with Gasteiger partial charge < -0.3 is 25.0 Å². The fraction of sp³-hybridized carbons (Fsp3) is 0.500. The first-order valence-electron chi connectivity index (χ1n) is 14.1. The first-order valence-corrected chi connectivity index (χ1v) is 14.1. The highest BCUT2D eigenvalue weighted by Gasteiger charge is 2.36. The van der Waals surface area contributed by atoms with Crippen molar-refractivity contribution in [3.05, 3.63) is 65.0 Å². The molecule has 4 heterocycles. The maximum Gasteiger partial charge on any atom is 0.419 e. The second-order valence-corrected chi connectivity index (χ2v) is 11.2. The van der Waals surface area contributed by atoms with Crippen LogP contribution in [-0.2, 0) is 29.2 Å². The minimum atomic E-state index is -4.49. The van der Waals surface area contributed by atoms with Crippen molar-refractivity contribution in [3.63, 3.8) is 0 Å². The van der Waals surface area contributed by atoms with Crippen molar-refractivity contribution in [3.8, 4) is 0 Å². The Morgan fingerprint density at radius 2 is 1.63 bits per heavy atom. The van der Waals surface area contributed by atoms with E-state index in [4.69, 9.17) is 14.7 Å². The summed E-state index contributed by atoms with van der Waals surface area (Å²) in [5, 5.41) is 13.8. The largest absolute Gasteiger partial charge is 0.419 e. The number of aliphatic hydroxyl groups excluding tert-OH is 1. The first kappa shape index (κ1) is 29.1. The molecule has 0 saturated carbocycles. The van der Waals surface area contributed by atoms with E-state index in [1.54, 1.807) is 4.90 Å². The SMILES string of the molecule is COC(O)C(C)(C)c1ccc(Nc2nc(N3CCCCC3)nc3c2CCN(c2ncccc2C(F)(F)F)CC3)cc1. The third kappa shape index (κ3) is 6.25. The van der Waals surface area contributed by atoms with E-state index < -0.39 is 23.4 Å². The number of piperidine rings is 1. The molecule has 41 heavy (non-hydrogen) atoms. The van der Waals surface area contributed by atoms with Gasteiger partial charge in [-0.05, 0) is 55.5 Å². The molecular formula is C30H37F3N6O2. The van der Waals surface area contributed by atoms with Crippen LogP contribution in [0.25, 0.3) is 0 Å². The fourth-order valence-electron chi connectivity index (χ4n) is 5.56. The Labute approximate surface area is 238 Å². The van der Waals surface area contributed by atoms with Gasteiger partial charge in [0.2, 0.25) is 5.95 Å². The Morgan fingerprint density at radius 3 is 2.32 bits per heavy atom. The van der Waals surface area contributed by atoms with E-state index in [0.717, 1.165) is 54.5 Å². The van der Waals surface area contributed by atoms with Gasteiger partial charge in [0.05, 0.1) is 11.3 Å². The van der Waals surface area contributed by atoms with E-state index in [1.165, 1.54) is 25.8 Å². The monoisotopic (exact) mass is 570 g/mol. The lowest BCUT2D eigenvalue weighted by Crippen LogP contribution is -2.34. The molecule has 2 N–H and O–H groups in total. The molecule has 0 radical (unpaired) electrons. The average molecular weight is 571 g/mol. The molecule has 0 amide bonds. The summed E-state index contributed by atoms with van der Waals surface area (Å²) in [5.74, 6) is 1.26. The maximum atomic E-state index is 13.8. The zero-order chi connectivity index (χ0) is 29.2. The van der Waals surface area contributed by atoms with E-state index >= 15 is 0 Å². The van der Waals surface area contributed by atoms with Crippen molar-refractivity contribution in [2.75, 3.05) is 48.4 Å². The van der Waals surface area contributed by atoms with Gasteiger partial charge in [-0.15, -0.1) is 0 Å². The summed E-state index contributed by atoms with van der Waals surface area (Å²) in [6.07, 6.45) is 0.222. The number of aliphatic hydroxyl groups is 1. The second kappa shape index (κ2) is 11.8. The first-order chi connectivity index (χ1) is 19.6. The molecule has 0 spiro atoms. The fourth-order valence-corrected chi connectivity index (χ4v) is 5.56. The van der Waals surface area contributed by atoms with Crippen LogP contribution in [0.4, 0.5) is 36.4 Å². The van der Waals surface area contributed by atoms with E-state index in [9.17, 15) is 18.3 Å². The summed E-state index contributed by atoms with van der Waals surface area (Å²) in [6.45, 7) is 6.30. The molecule has 1 aromatic carbocycles. The number of benzene rings is 1. The van der Waals surface area contributed by atoms with Gasteiger partial charge >= 0.3 is 6.18 Å². The minimum Gasteiger partial charge on any atom is -0.367 e. The summed E-state index contributed by atoms with van der Waals surface area (Å²) in [6, 6.07) is 10.1. The molecule has 2 aromatic heterocycles. The topological polar surface area (TPSA) is 86.6 Å². The second-order valence-electron chi connectivity index (χ2n) is 11.2. The smallest absolute Gasteiger partial charge is 0.367 e. The minimum absolute atomic E-state index is 0.0528. The van der Waals surface area contributed by atoms with Gasteiger partial charge in [-0.3, -0.25) is 0 Å². The standard InChI is InChI=1S/C30H37F3N6O2/c1-29(2,27(40)41-3)20-9-11-21(12-10-20)35-25-22-13-18-38(26-23(30(31,32)33)8-7-15-34-26)19-14-24(22)36-28(37-25)39-16-5-4-6-17-39/h7-12,15,27,40H,4-6,13-14,16-19H2,1-3H3,(H,35,36,37). The predicted octanol–water partition coefficient (Wildman–Crippen LogP) is 5.47. The third-order valence-corrected chi connectivity index (χ3v) is 8.09. The number of methoxy groups -OCH3 is 1. The van der Waals surface area contributed by atoms with Gasteiger partial charge in [0, 0.05) is 62.6 Å². The molecule has 0 aliphatic carbocycles. The van der Waals surface area contributed by atoms with Crippen molar-refractivity contribution in [1.29, 1.82) is 0 Å². The van der Waals surface area contributed by atoms with Gasteiger partial charge in [0.15, 0.2) is 6.29 Å². The van der Waals surface area contributed by atoms with Crippen LogP contribution in [0.2, 0.25) is 0 Å². The molecule has 0 bridgehead atoms. The van der Waals surface area contributed by atoms with Crippen molar-refractivity contribution in [1.82, 2.24) is 15.0 Å². The lowest BCUT2D eigenvalue weighted by molar-refractivity contribution is -0.137. The Balaban J connectivity index is 1.46. The van der Waals surface area contributed by atoms with Crippen LogP contribution >= 0.6 is 0 Å². The van der Waals surface area contributed by atoms with Crippen LogP contribution in [0.3, 0.4) is 0 Å². The van der Waals surface area contributed by atoms with E-state index in [0.29, 0.717) is 37.7 Å². The molecule has 1 fully saturated rings. The Kier molecular flexibility index (Phi) is 8.37. The number of nitrogens with zero attached hydrogens (tertiary/aromatic N) is 5. The van der Waals surface area contributed by atoms with Gasteiger partial charge in [-0.2, -0.15) is 18.2 Å². The molecule has 5 rings (SSSR count). The number of rotatable bonds is 7. The molecule has 1 unspecified atom stereocenters. The lowest BCUT2D eigenvalue weighted by atomic mass is 9.84. The molecule has 8 nitrogen and oxygen atoms in total. The zero-order valence-electron chi connectivity index (χ0n) is 23.7. The summed E-state index contributed by atoms with van der Waals surface area (Å²) in [7, 11) is 1.47. The van der Waals surface area contributed by atoms with Crippen molar-refractivity contribution < 1.29 is 23.0 Å². The molecular weight excluding hydrogens is 533 g/mol.